The van der Waals surface area contributed by atoms with E-state index in [4.69, 9.17) is 10.00 Å². The van der Waals surface area contributed by atoms with Crippen LogP contribution in [0.15, 0.2) is 53.4 Å². The number of nitriles is 1. The average molecular weight is 440 g/mol. The van der Waals surface area contributed by atoms with E-state index in [0.717, 1.165) is 0 Å². The minimum absolute atomic E-state index is 0.0265. The highest BCUT2D eigenvalue weighted by Crippen LogP contribution is 2.23. The lowest BCUT2D eigenvalue weighted by atomic mass is 10.1. The maximum absolute atomic E-state index is 12.4. The van der Waals surface area contributed by atoms with Crippen LogP contribution in [-0.2, 0) is 14.3 Å². The first-order valence-corrected chi connectivity index (χ1v) is 10.8. The molecule has 1 atom stereocenters. The Balaban J connectivity index is 1.92. The summed E-state index contributed by atoms with van der Waals surface area (Å²) in [5.41, 5.74) is 1.26. The molecule has 0 saturated heterocycles. The summed E-state index contributed by atoms with van der Waals surface area (Å²) in [6.45, 7) is 5.49. The molecule has 31 heavy (non-hydrogen) atoms. The molecule has 0 bridgehead atoms. The number of anilines is 1. The molecule has 162 valence electrons. The minimum atomic E-state index is -0.627. The molecule has 8 heteroatoms. The largest absolute Gasteiger partial charge is 0.452 e. The zero-order valence-electron chi connectivity index (χ0n) is 17.7. The zero-order valence-corrected chi connectivity index (χ0v) is 18.5. The molecule has 2 rings (SSSR count). The number of nitrogens with one attached hydrogen (secondary N) is 2. The summed E-state index contributed by atoms with van der Waals surface area (Å²) in [7, 11) is 0. The third-order valence-electron chi connectivity index (χ3n) is 4.46. The molecule has 2 aromatic carbocycles. The van der Waals surface area contributed by atoms with Gasteiger partial charge in [0, 0.05) is 16.6 Å². The first kappa shape index (κ1) is 24.0. The van der Waals surface area contributed by atoms with Crippen molar-refractivity contribution in [2.24, 2.45) is 5.92 Å². The first-order chi connectivity index (χ1) is 14.8. The van der Waals surface area contributed by atoms with Gasteiger partial charge in [0.15, 0.2) is 6.61 Å². The molecule has 0 fully saturated rings. The fourth-order valence-corrected chi connectivity index (χ4v) is 3.28. The van der Waals surface area contributed by atoms with Crippen LogP contribution in [0.5, 0.6) is 0 Å². The van der Waals surface area contributed by atoms with Gasteiger partial charge in [-0.15, -0.1) is 11.8 Å². The molecule has 0 aliphatic heterocycles. The van der Waals surface area contributed by atoms with Crippen molar-refractivity contribution in [3.63, 3.8) is 0 Å². The maximum atomic E-state index is 12.4. The molecule has 0 heterocycles. The third-order valence-corrected chi connectivity index (χ3v) is 5.54. The Labute approximate surface area is 186 Å². The molecule has 0 aliphatic rings. The van der Waals surface area contributed by atoms with Crippen LogP contribution in [0.1, 0.15) is 36.7 Å². The van der Waals surface area contributed by atoms with Gasteiger partial charge < -0.3 is 15.4 Å². The van der Waals surface area contributed by atoms with Crippen LogP contribution in [0.25, 0.3) is 0 Å². The third kappa shape index (κ3) is 7.79. The first-order valence-electron chi connectivity index (χ1n) is 9.78. The summed E-state index contributed by atoms with van der Waals surface area (Å²) in [6.07, 6.45) is 0. The van der Waals surface area contributed by atoms with Crippen molar-refractivity contribution in [3.8, 4) is 6.07 Å². The van der Waals surface area contributed by atoms with Gasteiger partial charge in [-0.1, -0.05) is 32.0 Å². The van der Waals surface area contributed by atoms with E-state index in [2.05, 4.69) is 10.6 Å². The number of esters is 1. The summed E-state index contributed by atoms with van der Waals surface area (Å²) in [4.78, 5) is 37.2. The lowest BCUT2D eigenvalue weighted by molar-refractivity contribution is -0.125. The number of ether oxygens (including phenoxy) is 1. The van der Waals surface area contributed by atoms with Crippen molar-refractivity contribution in [2.75, 3.05) is 17.7 Å². The Morgan fingerprint density at radius 3 is 2.52 bits per heavy atom. The van der Waals surface area contributed by atoms with E-state index in [1.54, 1.807) is 48.5 Å². The molecule has 1 unspecified atom stereocenters. The standard InChI is InChI=1S/C23H25N3O4S/c1-15(2)16(3)25-21(27)13-30-23(29)19-9-4-5-10-20(19)31-14-22(28)26-18-8-6-7-17(11-18)12-24/h4-11,15-16H,13-14H2,1-3H3,(H,25,27)(H,26,28). The lowest BCUT2D eigenvalue weighted by Crippen LogP contribution is -2.38. The van der Waals surface area contributed by atoms with Gasteiger partial charge in [-0.2, -0.15) is 5.26 Å². The second kappa shape index (κ2) is 11.8. The van der Waals surface area contributed by atoms with Crippen LogP contribution in [0.3, 0.4) is 0 Å². The van der Waals surface area contributed by atoms with Gasteiger partial charge in [0.25, 0.3) is 5.91 Å². The van der Waals surface area contributed by atoms with Crippen molar-refractivity contribution in [1.82, 2.24) is 5.32 Å². The van der Waals surface area contributed by atoms with Crippen molar-refractivity contribution in [1.29, 1.82) is 5.26 Å². The summed E-state index contributed by atoms with van der Waals surface area (Å²) in [6, 6.07) is 15.4. The number of hydrogen-bond acceptors (Lipinski definition) is 6. The van der Waals surface area contributed by atoms with Gasteiger partial charge in [0.05, 0.1) is 22.9 Å². The molecule has 0 aliphatic carbocycles. The molecule has 0 aromatic heterocycles. The quantitative estimate of drug-likeness (QED) is 0.456. The number of carbonyl (C=O) groups excluding carboxylic acids is 3. The summed E-state index contributed by atoms with van der Waals surface area (Å²) >= 11 is 1.18. The number of carbonyl (C=O) groups is 3. The Hall–Kier alpha value is -3.31. The van der Waals surface area contributed by atoms with Crippen molar-refractivity contribution in [2.45, 2.75) is 31.7 Å². The molecular weight excluding hydrogens is 414 g/mol. The predicted octanol–water partition coefficient (Wildman–Crippen LogP) is 3.61. The number of amides is 2. The van der Waals surface area contributed by atoms with Gasteiger partial charge in [0.1, 0.15) is 0 Å². The highest BCUT2D eigenvalue weighted by molar-refractivity contribution is 8.00. The number of rotatable bonds is 9. The highest BCUT2D eigenvalue weighted by atomic mass is 32.2. The predicted molar refractivity (Wildman–Crippen MR) is 120 cm³/mol. The van der Waals surface area contributed by atoms with Crippen LogP contribution >= 0.6 is 11.8 Å². The van der Waals surface area contributed by atoms with E-state index < -0.39 is 5.97 Å². The SMILES string of the molecule is CC(C)C(C)NC(=O)COC(=O)c1ccccc1SCC(=O)Nc1cccc(C#N)c1. The van der Waals surface area contributed by atoms with E-state index in [1.165, 1.54) is 11.8 Å². The Morgan fingerprint density at radius 1 is 1.06 bits per heavy atom. The Morgan fingerprint density at radius 2 is 1.81 bits per heavy atom. The Bertz CT molecular complexity index is 985. The lowest BCUT2D eigenvalue weighted by Gasteiger charge is -2.17. The van der Waals surface area contributed by atoms with Gasteiger partial charge in [-0.05, 0) is 43.2 Å². The van der Waals surface area contributed by atoms with Crippen molar-refractivity contribution < 1.29 is 19.1 Å². The number of thioether (sulfide) groups is 1. The van der Waals surface area contributed by atoms with Gasteiger partial charge in [-0.25, -0.2) is 4.79 Å². The van der Waals surface area contributed by atoms with Crippen molar-refractivity contribution in [3.05, 3.63) is 59.7 Å². The van der Waals surface area contributed by atoms with E-state index in [9.17, 15) is 14.4 Å². The minimum Gasteiger partial charge on any atom is -0.452 e. The molecular formula is C23H25N3O4S. The van der Waals surface area contributed by atoms with Gasteiger partial charge >= 0.3 is 5.97 Å². The second-order valence-electron chi connectivity index (χ2n) is 7.20. The van der Waals surface area contributed by atoms with Gasteiger partial charge in [-0.3, -0.25) is 9.59 Å². The number of benzene rings is 2. The smallest absolute Gasteiger partial charge is 0.339 e. The molecule has 2 aromatic rings. The molecule has 2 N–H and O–H groups in total. The molecule has 0 radical (unpaired) electrons. The zero-order chi connectivity index (χ0) is 22.8. The van der Waals surface area contributed by atoms with E-state index in [-0.39, 0.29) is 41.7 Å². The van der Waals surface area contributed by atoms with Crippen LogP contribution in [0, 0.1) is 17.2 Å². The van der Waals surface area contributed by atoms with E-state index >= 15 is 0 Å². The number of nitrogens with zero attached hydrogens (tertiary/aromatic N) is 1. The second-order valence-corrected chi connectivity index (χ2v) is 8.22. The Kier molecular flexibility index (Phi) is 9.10. The molecule has 0 spiro atoms. The van der Waals surface area contributed by atoms with Crippen LogP contribution < -0.4 is 10.6 Å². The summed E-state index contributed by atoms with van der Waals surface area (Å²) < 4.78 is 5.14. The normalized spacial score (nSPS) is 11.3. The summed E-state index contributed by atoms with van der Waals surface area (Å²) in [5, 5.41) is 14.4. The van der Waals surface area contributed by atoms with E-state index in [0.29, 0.717) is 16.1 Å². The highest BCUT2D eigenvalue weighted by Gasteiger charge is 2.17. The maximum Gasteiger partial charge on any atom is 0.339 e. The van der Waals surface area contributed by atoms with Crippen LogP contribution in [-0.4, -0.2) is 36.2 Å². The van der Waals surface area contributed by atoms with E-state index in [1.807, 2.05) is 26.8 Å². The fraction of sp³-hybridized carbons (Fsp3) is 0.304. The molecule has 0 saturated carbocycles. The fourth-order valence-electron chi connectivity index (χ4n) is 2.44. The van der Waals surface area contributed by atoms with Crippen molar-refractivity contribution >= 4 is 35.2 Å². The topological polar surface area (TPSA) is 108 Å². The average Bonchev–Trinajstić information content (AvgIpc) is 2.76. The van der Waals surface area contributed by atoms with Gasteiger partial charge in [0.2, 0.25) is 5.91 Å². The van der Waals surface area contributed by atoms with Crippen LogP contribution in [0.4, 0.5) is 5.69 Å². The summed E-state index contributed by atoms with van der Waals surface area (Å²) in [5.74, 6) is -0.931. The van der Waals surface area contributed by atoms with Crippen LogP contribution in [0.2, 0.25) is 0 Å². The monoisotopic (exact) mass is 439 g/mol. The number of hydrogen-bond donors (Lipinski definition) is 2. The molecule has 2 amide bonds. The molecule has 7 nitrogen and oxygen atoms in total.